The lowest BCUT2D eigenvalue weighted by atomic mass is 9.92. The van der Waals surface area contributed by atoms with Crippen LogP contribution < -0.4 is 0 Å². The molecule has 0 bridgehead atoms. The van der Waals surface area contributed by atoms with Crippen LogP contribution in [0.1, 0.15) is 41.8 Å². The Morgan fingerprint density at radius 2 is 1.43 bits per heavy atom. The van der Waals surface area contributed by atoms with Crippen LogP contribution in [-0.2, 0) is 12.8 Å². The predicted octanol–water partition coefficient (Wildman–Crippen LogP) is 3.49. The molecule has 3 N–H and O–H groups in total. The second-order valence-electron chi connectivity index (χ2n) is 5.38. The van der Waals surface area contributed by atoms with Crippen molar-refractivity contribution >= 4 is 5.78 Å². The van der Waals surface area contributed by atoms with Crippen molar-refractivity contribution in [2.24, 2.45) is 5.92 Å². The molecule has 1 aromatic rings. The largest absolute Gasteiger partial charge is 0.507 e. The zero-order valence-corrected chi connectivity index (χ0v) is 12.5. The van der Waals surface area contributed by atoms with Crippen molar-refractivity contribution in [1.29, 1.82) is 0 Å². The average Bonchev–Trinajstić information content (AvgIpc) is 2.39. The summed E-state index contributed by atoms with van der Waals surface area (Å²) in [4.78, 5) is 12.3. The van der Waals surface area contributed by atoms with Crippen LogP contribution >= 0.6 is 0 Å². The summed E-state index contributed by atoms with van der Waals surface area (Å²) in [6.07, 6.45) is 3.63. The number of hydrogen-bond acceptors (Lipinski definition) is 4. The maximum atomic E-state index is 12.3. The minimum atomic E-state index is -0.372. The Morgan fingerprint density at radius 1 is 1.00 bits per heavy atom. The maximum Gasteiger partial charge on any atom is 0.170 e. The predicted molar refractivity (Wildman–Crippen MR) is 83.0 cm³/mol. The van der Waals surface area contributed by atoms with Crippen molar-refractivity contribution in [3.63, 3.8) is 0 Å². The summed E-state index contributed by atoms with van der Waals surface area (Å²) >= 11 is 0. The number of ketones is 1. The first-order valence-electron chi connectivity index (χ1n) is 6.88. The van der Waals surface area contributed by atoms with Gasteiger partial charge in [-0.05, 0) is 18.8 Å². The molecule has 0 heterocycles. The number of allylic oxidation sites excluding steroid dienone is 2. The molecule has 0 radical (unpaired) electrons. The molecule has 0 aromatic heterocycles. The van der Waals surface area contributed by atoms with Crippen LogP contribution in [0.4, 0.5) is 0 Å². The van der Waals surface area contributed by atoms with Crippen molar-refractivity contribution in [2.75, 3.05) is 0 Å². The van der Waals surface area contributed by atoms with Crippen molar-refractivity contribution in [2.45, 2.75) is 33.1 Å². The van der Waals surface area contributed by atoms with Crippen LogP contribution in [0.3, 0.4) is 0 Å². The topological polar surface area (TPSA) is 77.8 Å². The van der Waals surface area contributed by atoms with Crippen molar-refractivity contribution in [3.05, 3.63) is 42.0 Å². The smallest absolute Gasteiger partial charge is 0.170 e. The number of benzene rings is 1. The van der Waals surface area contributed by atoms with Crippen molar-refractivity contribution in [3.8, 4) is 17.2 Å². The maximum absolute atomic E-state index is 12.3. The molecular weight excluding hydrogens is 268 g/mol. The second kappa shape index (κ2) is 6.97. The fraction of sp³-hybridized carbons (Fsp3) is 0.353. The minimum absolute atomic E-state index is 0.0933. The highest BCUT2D eigenvalue weighted by Crippen LogP contribution is 2.43. The molecule has 0 unspecified atom stereocenters. The highest BCUT2D eigenvalue weighted by Gasteiger charge is 2.26. The van der Waals surface area contributed by atoms with E-state index in [-0.39, 0.29) is 64.9 Å². The first-order valence-corrected chi connectivity index (χ1v) is 6.88. The minimum Gasteiger partial charge on any atom is -0.507 e. The lowest BCUT2D eigenvalue weighted by Gasteiger charge is -2.17. The molecule has 0 amide bonds. The normalized spacial score (nSPS) is 10.6. The number of aromatic hydroxyl groups is 3. The first kappa shape index (κ1) is 16.8. The molecule has 1 aromatic carbocycles. The van der Waals surface area contributed by atoms with Gasteiger partial charge in [0.25, 0.3) is 0 Å². The molecular formula is C17H22O4. The number of phenolic OH excluding ortho intramolecular Hbond substituents is 3. The van der Waals surface area contributed by atoms with E-state index < -0.39 is 0 Å². The molecule has 4 heteroatoms. The van der Waals surface area contributed by atoms with E-state index in [4.69, 9.17) is 0 Å². The zero-order chi connectivity index (χ0) is 16.2. The van der Waals surface area contributed by atoms with E-state index in [2.05, 4.69) is 13.2 Å². The number of carbonyl (C=O) groups excluding carboxylic acids is 1. The van der Waals surface area contributed by atoms with Gasteiger partial charge < -0.3 is 15.3 Å². The Bertz CT molecular complexity index is 534. The Kier molecular flexibility index (Phi) is 5.59. The molecule has 1 rings (SSSR count). The van der Waals surface area contributed by atoms with Gasteiger partial charge in [0.2, 0.25) is 0 Å². The van der Waals surface area contributed by atoms with E-state index in [9.17, 15) is 20.1 Å². The van der Waals surface area contributed by atoms with E-state index in [1.807, 2.05) is 13.8 Å². The average molecular weight is 290 g/mol. The fourth-order valence-electron chi connectivity index (χ4n) is 2.23. The zero-order valence-electron chi connectivity index (χ0n) is 12.5. The molecule has 0 aliphatic carbocycles. The Balaban J connectivity index is 3.57. The summed E-state index contributed by atoms with van der Waals surface area (Å²) in [5.41, 5.74) is 0.272. The van der Waals surface area contributed by atoms with Gasteiger partial charge in [0.1, 0.15) is 22.8 Å². The summed E-state index contributed by atoms with van der Waals surface area (Å²) in [7, 11) is 0. The summed E-state index contributed by atoms with van der Waals surface area (Å²) in [5, 5.41) is 30.7. The highest BCUT2D eigenvalue weighted by molar-refractivity contribution is 6.02. The van der Waals surface area contributed by atoms with E-state index in [1.165, 1.54) is 12.2 Å². The van der Waals surface area contributed by atoms with E-state index in [0.29, 0.717) is 0 Å². The van der Waals surface area contributed by atoms with Gasteiger partial charge in [-0.1, -0.05) is 26.0 Å². The number of carbonyl (C=O) groups is 1. The van der Waals surface area contributed by atoms with Crippen LogP contribution in [0.2, 0.25) is 0 Å². The molecule has 21 heavy (non-hydrogen) atoms. The standard InChI is InChI=1S/C17H22O4/c1-5-7-11-15(19)12(8-6-2)17(21)14(16(11)20)13(18)9-10(3)4/h5-6,10,19-21H,1-2,7-9H2,3-4H3. The number of Topliss-reactive ketones (excluding diaryl/α,β-unsaturated/α-hetero) is 1. The third-order valence-corrected chi connectivity index (χ3v) is 3.19. The van der Waals surface area contributed by atoms with Crippen LogP contribution in [0.25, 0.3) is 0 Å². The van der Waals surface area contributed by atoms with Gasteiger partial charge in [0.05, 0.1) is 0 Å². The number of phenols is 3. The third kappa shape index (κ3) is 3.45. The first-order chi connectivity index (χ1) is 9.84. The third-order valence-electron chi connectivity index (χ3n) is 3.19. The second-order valence-corrected chi connectivity index (χ2v) is 5.38. The Morgan fingerprint density at radius 3 is 1.76 bits per heavy atom. The summed E-state index contributed by atoms with van der Waals surface area (Å²) in [5.74, 6) is -1.22. The van der Waals surface area contributed by atoms with Crippen molar-refractivity contribution in [1.82, 2.24) is 0 Å². The summed E-state index contributed by atoms with van der Waals surface area (Å²) < 4.78 is 0. The molecule has 0 atom stereocenters. The monoisotopic (exact) mass is 290 g/mol. The van der Waals surface area contributed by atoms with Gasteiger partial charge in [-0.2, -0.15) is 0 Å². The SMILES string of the molecule is C=CCc1c(O)c(CC=C)c(O)c(C(=O)CC(C)C)c1O. The van der Waals surface area contributed by atoms with Crippen LogP contribution in [0.15, 0.2) is 25.3 Å². The number of hydrogen-bond donors (Lipinski definition) is 3. The van der Waals surface area contributed by atoms with E-state index in [0.717, 1.165) is 0 Å². The molecule has 4 nitrogen and oxygen atoms in total. The van der Waals surface area contributed by atoms with Crippen LogP contribution in [0, 0.1) is 5.92 Å². The van der Waals surface area contributed by atoms with Gasteiger partial charge in [-0.15, -0.1) is 13.2 Å². The van der Waals surface area contributed by atoms with E-state index >= 15 is 0 Å². The Hall–Kier alpha value is -2.23. The molecule has 0 fully saturated rings. The fourth-order valence-corrected chi connectivity index (χ4v) is 2.23. The molecule has 0 spiro atoms. The summed E-state index contributed by atoms with van der Waals surface area (Å²) in [6.45, 7) is 10.9. The molecule has 114 valence electrons. The lowest BCUT2D eigenvalue weighted by molar-refractivity contribution is 0.0962. The molecule has 0 saturated heterocycles. The van der Waals surface area contributed by atoms with Gasteiger partial charge in [0.15, 0.2) is 5.78 Å². The van der Waals surface area contributed by atoms with Crippen LogP contribution in [-0.4, -0.2) is 21.1 Å². The van der Waals surface area contributed by atoms with Gasteiger partial charge in [-0.25, -0.2) is 0 Å². The lowest BCUT2D eigenvalue weighted by Crippen LogP contribution is -2.07. The summed E-state index contributed by atoms with van der Waals surface area (Å²) in [6, 6.07) is 0. The molecule has 0 aliphatic heterocycles. The van der Waals surface area contributed by atoms with Crippen LogP contribution in [0.5, 0.6) is 17.2 Å². The van der Waals surface area contributed by atoms with Gasteiger partial charge in [-0.3, -0.25) is 4.79 Å². The quantitative estimate of drug-likeness (QED) is 0.530. The van der Waals surface area contributed by atoms with Gasteiger partial charge >= 0.3 is 0 Å². The van der Waals surface area contributed by atoms with E-state index in [1.54, 1.807) is 0 Å². The molecule has 0 aliphatic rings. The van der Waals surface area contributed by atoms with Crippen molar-refractivity contribution < 1.29 is 20.1 Å². The Labute approximate surface area is 125 Å². The number of rotatable bonds is 7. The van der Waals surface area contributed by atoms with Gasteiger partial charge in [0, 0.05) is 17.5 Å². The highest BCUT2D eigenvalue weighted by atomic mass is 16.3. The molecule has 0 saturated carbocycles.